The van der Waals surface area contributed by atoms with Crippen molar-refractivity contribution in [1.29, 1.82) is 0 Å². The van der Waals surface area contributed by atoms with E-state index in [2.05, 4.69) is 10.6 Å². The van der Waals surface area contributed by atoms with Crippen molar-refractivity contribution in [3.63, 3.8) is 0 Å². The van der Waals surface area contributed by atoms with Crippen molar-refractivity contribution in [2.45, 2.75) is 19.8 Å². The molecule has 0 aliphatic rings. The Hall–Kier alpha value is -1.91. The van der Waals surface area contributed by atoms with Gasteiger partial charge in [0.25, 0.3) is 0 Å². The van der Waals surface area contributed by atoms with Crippen molar-refractivity contribution in [3.8, 4) is 0 Å². The van der Waals surface area contributed by atoms with E-state index in [1.165, 1.54) is 0 Å². The molecule has 1 N–H and O–H groups in total. The molecule has 0 heterocycles. The molecular weight excluding hydrogens is 206 g/mol. The summed E-state index contributed by atoms with van der Waals surface area (Å²) in [5, 5.41) is 6.19. The zero-order valence-electron chi connectivity index (χ0n) is 9.22. The molecule has 0 unspecified atom stereocenters. The highest BCUT2D eigenvalue weighted by Gasteiger charge is 2.12. The van der Waals surface area contributed by atoms with Crippen LogP contribution >= 0.6 is 0 Å². The van der Waals surface area contributed by atoms with Crippen LogP contribution in [0.15, 0.2) is 35.6 Å². The Morgan fingerprint density at radius 2 is 2.06 bits per heavy atom. The third-order valence-corrected chi connectivity index (χ3v) is 2.08. The summed E-state index contributed by atoms with van der Waals surface area (Å²) in [5.41, 5.74) is 0.651. The smallest absolute Gasteiger partial charge is 0.306 e. The van der Waals surface area contributed by atoms with Crippen molar-refractivity contribution in [3.05, 3.63) is 35.2 Å². The number of nitrogens with zero attached hydrogens (tertiary/aromatic N) is 2. The highest BCUT2D eigenvalue weighted by molar-refractivity contribution is 5.88. The van der Waals surface area contributed by atoms with Crippen molar-refractivity contribution in [2.75, 3.05) is 11.9 Å². The van der Waals surface area contributed by atoms with Gasteiger partial charge in [0.2, 0.25) is 0 Å². The molecule has 1 aromatic carbocycles. The van der Waals surface area contributed by atoms with Crippen molar-refractivity contribution < 1.29 is 4.79 Å². The Morgan fingerprint density at radius 3 is 2.62 bits per heavy atom. The summed E-state index contributed by atoms with van der Waals surface area (Å²) in [6, 6.07) is 8.47. The molecule has 0 saturated heterocycles. The van der Waals surface area contributed by atoms with Crippen LogP contribution in [0.3, 0.4) is 0 Å². The highest BCUT2D eigenvalue weighted by Crippen LogP contribution is 2.07. The maximum Gasteiger partial charge on any atom is 0.344 e. The quantitative estimate of drug-likeness (QED) is 0.613. The third kappa shape index (κ3) is 3.68. The van der Waals surface area contributed by atoms with E-state index >= 15 is 0 Å². The van der Waals surface area contributed by atoms with Gasteiger partial charge in [0, 0.05) is 12.2 Å². The topological polar surface area (TPSA) is 61.8 Å². The molecule has 0 aliphatic carbocycles. The van der Waals surface area contributed by atoms with Gasteiger partial charge in [0.1, 0.15) is 0 Å². The summed E-state index contributed by atoms with van der Waals surface area (Å²) in [6.45, 7) is 2.33. The van der Waals surface area contributed by atoms with Crippen LogP contribution in [0.4, 0.5) is 10.5 Å². The summed E-state index contributed by atoms with van der Waals surface area (Å²) < 4.78 is 0. The first-order valence-electron chi connectivity index (χ1n) is 5.24. The van der Waals surface area contributed by atoms with Gasteiger partial charge < -0.3 is 5.32 Å². The summed E-state index contributed by atoms with van der Waals surface area (Å²) in [5.74, 6) is 0. The lowest BCUT2D eigenvalue weighted by Crippen LogP contribution is -2.30. The summed E-state index contributed by atoms with van der Waals surface area (Å²) in [7, 11) is 0. The fourth-order valence-electron chi connectivity index (χ4n) is 1.20. The van der Waals surface area contributed by atoms with Crippen molar-refractivity contribution >= 4 is 11.7 Å². The number of amides is 2. The van der Waals surface area contributed by atoms with E-state index in [0.29, 0.717) is 12.2 Å². The molecule has 0 radical (unpaired) electrons. The second-order valence-electron chi connectivity index (χ2n) is 3.35. The lowest BCUT2D eigenvalue weighted by Gasteiger charge is -2.13. The Morgan fingerprint density at radius 1 is 1.38 bits per heavy atom. The second kappa shape index (κ2) is 6.55. The zero-order chi connectivity index (χ0) is 11.8. The molecule has 0 bridgehead atoms. The van der Waals surface area contributed by atoms with Crippen LogP contribution in [0.25, 0.3) is 0 Å². The molecule has 5 heteroatoms. The number of rotatable bonds is 5. The molecule has 0 atom stereocenters. The molecular formula is C11H15N3O2. The third-order valence-electron chi connectivity index (χ3n) is 2.08. The first-order chi connectivity index (χ1) is 7.77. The standard InChI is InChI=1S/C11H15N3O2/c1-2-3-9-14(13-16)11(15)12-10-7-5-4-6-8-10/h4-8H,2-3,9H2,1H3,(H,12,15). The molecule has 0 aliphatic heterocycles. The number of urea groups is 1. The maximum atomic E-state index is 11.6. The minimum atomic E-state index is -0.491. The number of benzene rings is 1. The number of nitroso groups, excluding NO2 is 1. The molecule has 0 spiro atoms. The highest BCUT2D eigenvalue weighted by atomic mass is 16.3. The molecule has 0 saturated carbocycles. The Bertz CT molecular complexity index is 340. The number of carbonyl (C=O) groups excluding carboxylic acids is 1. The minimum Gasteiger partial charge on any atom is -0.306 e. The molecule has 5 nitrogen and oxygen atoms in total. The van der Waals surface area contributed by atoms with Crippen LogP contribution < -0.4 is 5.32 Å². The summed E-state index contributed by atoms with van der Waals surface area (Å²) >= 11 is 0. The monoisotopic (exact) mass is 221 g/mol. The fraction of sp³-hybridized carbons (Fsp3) is 0.364. The van der Waals surface area contributed by atoms with E-state index in [1.54, 1.807) is 24.3 Å². The average molecular weight is 221 g/mol. The van der Waals surface area contributed by atoms with Gasteiger partial charge in [0.05, 0.1) is 5.29 Å². The number of para-hydroxylation sites is 1. The van der Waals surface area contributed by atoms with Crippen LogP contribution in [0.5, 0.6) is 0 Å². The first-order valence-corrected chi connectivity index (χ1v) is 5.24. The van der Waals surface area contributed by atoms with Crippen LogP contribution in [-0.4, -0.2) is 17.6 Å². The lowest BCUT2D eigenvalue weighted by atomic mass is 10.3. The summed E-state index contributed by atoms with van der Waals surface area (Å²) in [6.07, 6.45) is 1.67. The van der Waals surface area contributed by atoms with Gasteiger partial charge in [-0.1, -0.05) is 31.5 Å². The van der Waals surface area contributed by atoms with Gasteiger partial charge in [-0.05, 0) is 18.6 Å². The number of carbonyl (C=O) groups is 1. The lowest BCUT2D eigenvalue weighted by molar-refractivity contribution is 0.212. The van der Waals surface area contributed by atoms with E-state index in [1.807, 2.05) is 13.0 Å². The molecule has 86 valence electrons. The summed E-state index contributed by atoms with van der Waals surface area (Å²) in [4.78, 5) is 22.0. The maximum absolute atomic E-state index is 11.6. The van der Waals surface area contributed by atoms with Crippen LogP contribution in [0, 0.1) is 4.91 Å². The Labute approximate surface area is 94.4 Å². The van der Waals surface area contributed by atoms with Gasteiger partial charge in [-0.3, -0.25) is 0 Å². The molecule has 0 aromatic heterocycles. The van der Waals surface area contributed by atoms with Gasteiger partial charge in [-0.15, -0.1) is 4.91 Å². The second-order valence-corrected chi connectivity index (χ2v) is 3.35. The largest absolute Gasteiger partial charge is 0.344 e. The number of hydrogen-bond donors (Lipinski definition) is 1. The van der Waals surface area contributed by atoms with Gasteiger partial charge in [-0.25, -0.2) is 4.79 Å². The predicted molar refractivity (Wildman–Crippen MR) is 62.9 cm³/mol. The van der Waals surface area contributed by atoms with Gasteiger partial charge in [0.15, 0.2) is 0 Å². The first kappa shape index (κ1) is 12.2. The Balaban J connectivity index is 2.53. The fourth-order valence-corrected chi connectivity index (χ4v) is 1.20. The number of nitrogens with one attached hydrogen (secondary N) is 1. The van der Waals surface area contributed by atoms with Crippen LogP contribution in [-0.2, 0) is 0 Å². The van der Waals surface area contributed by atoms with Crippen LogP contribution in [0.1, 0.15) is 19.8 Å². The van der Waals surface area contributed by atoms with E-state index in [0.717, 1.165) is 17.9 Å². The van der Waals surface area contributed by atoms with Crippen molar-refractivity contribution in [2.24, 2.45) is 5.29 Å². The van der Waals surface area contributed by atoms with E-state index in [4.69, 9.17) is 0 Å². The van der Waals surface area contributed by atoms with Crippen LogP contribution in [0.2, 0.25) is 0 Å². The molecule has 1 rings (SSSR count). The van der Waals surface area contributed by atoms with E-state index in [-0.39, 0.29) is 0 Å². The van der Waals surface area contributed by atoms with Gasteiger partial charge >= 0.3 is 6.03 Å². The molecule has 16 heavy (non-hydrogen) atoms. The normalized spacial score (nSPS) is 9.56. The minimum absolute atomic E-state index is 0.346. The van der Waals surface area contributed by atoms with Crippen molar-refractivity contribution in [1.82, 2.24) is 5.01 Å². The molecule has 2 amide bonds. The molecule has 1 aromatic rings. The number of anilines is 1. The average Bonchev–Trinajstić information content (AvgIpc) is 2.31. The molecule has 0 fully saturated rings. The van der Waals surface area contributed by atoms with E-state index in [9.17, 15) is 9.70 Å². The number of hydrogen-bond acceptors (Lipinski definition) is 3. The zero-order valence-corrected chi connectivity index (χ0v) is 9.22. The van der Waals surface area contributed by atoms with E-state index < -0.39 is 6.03 Å². The van der Waals surface area contributed by atoms with Gasteiger partial charge in [-0.2, -0.15) is 5.01 Å². The SMILES string of the molecule is CCCCN(N=O)C(=O)Nc1ccccc1. The Kier molecular flexibility index (Phi) is 4.98. The predicted octanol–water partition coefficient (Wildman–Crippen LogP) is 3.00. The number of unbranched alkanes of at least 4 members (excludes halogenated alkanes) is 1.